The summed E-state index contributed by atoms with van der Waals surface area (Å²) in [5.74, 6) is -0.322. The summed E-state index contributed by atoms with van der Waals surface area (Å²) in [6.45, 7) is 3.10. The molecule has 0 spiro atoms. The van der Waals surface area contributed by atoms with Gasteiger partial charge in [-0.15, -0.1) is 0 Å². The average molecular weight is 387 g/mol. The molecule has 1 aliphatic rings. The highest BCUT2D eigenvalue weighted by atomic mass is 35.5. The minimum absolute atomic E-state index is 0.0735. The van der Waals surface area contributed by atoms with Crippen LogP contribution in [0.15, 0.2) is 48.5 Å². The van der Waals surface area contributed by atoms with Crippen molar-refractivity contribution in [2.24, 2.45) is 0 Å². The highest BCUT2D eigenvalue weighted by molar-refractivity contribution is 6.30. The number of carbonyl (C=O) groups is 3. The van der Waals surface area contributed by atoms with Crippen molar-refractivity contribution in [3.05, 3.63) is 64.7 Å². The Morgan fingerprint density at radius 2 is 1.41 bits per heavy atom. The van der Waals surface area contributed by atoms with E-state index in [1.54, 1.807) is 58.3 Å². The van der Waals surface area contributed by atoms with Crippen molar-refractivity contribution < 1.29 is 19.1 Å². The molecule has 1 fully saturated rings. The zero-order chi connectivity index (χ0) is 19.4. The van der Waals surface area contributed by atoms with Gasteiger partial charge in [0.2, 0.25) is 0 Å². The number of halogens is 1. The quantitative estimate of drug-likeness (QED) is 0.601. The van der Waals surface area contributed by atoms with Gasteiger partial charge >= 0.3 is 5.97 Å². The third-order valence-electron chi connectivity index (χ3n) is 4.29. The molecule has 1 aliphatic heterocycles. The number of amides is 2. The van der Waals surface area contributed by atoms with Crippen molar-refractivity contribution in [2.45, 2.75) is 6.92 Å². The predicted molar refractivity (Wildman–Crippen MR) is 101 cm³/mol. The summed E-state index contributed by atoms with van der Waals surface area (Å²) in [6, 6.07) is 13.3. The summed E-state index contributed by atoms with van der Waals surface area (Å²) in [5.41, 5.74) is 1.03. The van der Waals surface area contributed by atoms with E-state index in [4.69, 9.17) is 16.3 Å². The molecule has 3 rings (SSSR count). The Bertz CT molecular complexity index is 859. The molecule has 6 nitrogen and oxygen atoms in total. The Hall–Kier alpha value is -2.86. The first-order chi connectivity index (χ1) is 12.9. The zero-order valence-electron chi connectivity index (χ0n) is 14.9. The number of nitrogens with zero attached hydrogens (tertiary/aromatic N) is 2. The van der Waals surface area contributed by atoms with Crippen molar-refractivity contribution >= 4 is 29.4 Å². The van der Waals surface area contributed by atoms with Crippen LogP contribution in [0.2, 0.25) is 5.02 Å². The topological polar surface area (TPSA) is 66.9 Å². The van der Waals surface area contributed by atoms with E-state index in [-0.39, 0.29) is 11.8 Å². The molecule has 0 aliphatic carbocycles. The van der Waals surface area contributed by atoms with Gasteiger partial charge in [-0.05, 0) is 42.5 Å². The van der Waals surface area contributed by atoms with Crippen molar-refractivity contribution in [3.8, 4) is 5.75 Å². The maximum atomic E-state index is 12.7. The van der Waals surface area contributed by atoms with E-state index in [9.17, 15) is 14.4 Å². The molecule has 0 atom stereocenters. The number of carbonyl (C=O) groups excluding carboxylic acids is 3. The summed E-state index contributed by atoms with van der Waals surface area (Å²) in [6.07, 6.45) is 0. The van der Waals surface area contributed by atoms with Crippen LogP contribution in [0, 0.1) is 0 Å². The fourth-order valence-electron chi connectivity index (χ4n) is 2.93. The van der Waals surface area contributed by atoms with Gasteiger partial charge in [0, 0.05) is 49.3 Å². The minimum Gasteiger partial charge on any atom is -0.427 e. The van der Waals surface area contributed by atoms with Gasteiger partial charge in [0.1, 0.15) is 5.75 Å². The lowest BCUT2D eigenvalue weighted by Gasteiger charge is -2.35. The molecular formula is C20H19ClN2O4. The molecule has 0 aromatic heterocycles. The third kappa shape index (κ3) is 4.65. The first-order valence-electron chi connectivity index (χ1n) is 8.56. The molecule has 2 amide bonds. The lowest BCUT2D eigenvalue weighted by atomic mass is 10.1. The maximum absolute atomic E-state index is 12.7. The number of esters is 1. The average Bonchev–Trinajstić information content (AvgIpc) is 2.67. The van der Waals surface area contributed by atoms with Crippen LogP contribution in [0.5, 0.6) is 5.75 Å². The summed E-state index contributed by atoms with van der Waals surface area (Å²) >= 11 is 5.86. The van der Waals surface area contributed by atoms with Crippen molar-refractivity contribution in [2.75, 3.05) is 26.2 Å². The SMILES string of the molecule is CC(=O)Oc1cccc(C(=O)N2CCN(C(=O)c3ccc(Cl)cc3)CC2)c1. The van der Waals surface area contributed by atoms with Gasteiger partial charge in [0.15, 0.2) is 0 Å². The number of hydrogen-bond donors (Lipinski definition) is 0. The van der Waals surface area contributed by atoms with Crippen molar-refractivity contribution in [1.29, 1.82) is 0 Å². The molecule has 0 saturated carbocycles. The Morgan fingerprint density at radius 3 is 1.96 bits per heavy atom. The molecule has 140 valence electrons. The van der Waals surface area contributed by atoms with Gasteiger partial charge in [-0.1, -0.05) is 17.7 Å². The molecule has 27 heavy (non-hydrogen) atoms. The second-order valence-corrected chi connectivity index (χ2v) is 6.65. The van der Waals surface area contributed by atoms with Crippen LogP contribution in [0.3, 0.4) is 0 Å². The standard InChI is InChI=1S/C20H19ClN2O4/c1-14(24)27-18-4-2-3-16(13-18)20(26)23-11-9-22(10-12-23)19(25)15-5-7-17(21)8-6-15/h2-8,13H,9-12H2,1H3. The molecule has 2 aromatic rings. The van der Waals surface area contributed by atoms with E-state index < -0.39 is 5.97 Å². The van der Waals surface area contributed by atoms with Crippen LogP contribution in [0.4, 0.5) is 0 Å². The van der Waals surface area contributed by atoms with Crippen LogP contribution in [-0.2, 0) is 4.79 Å². The number of benzene rings is 2. The molecule has 0 N–H and O–H groups in total. The third-order valence-corrected chi connectivity index (χ3v) is 4.54. The molecule has 7 heteroatoms. The Morgan fingerprint density at radius 1 is 0.852 bits per heavy atom. The van der Waals surface area contributed by atoms with Gasteiger partial charge in [0.25, 0.3) is 11.8 Å². The lowest BCUT2D eigenvalue weighted by Crippen LogP contribution is -2.50. The number of rotatable bonds is 3. The molecule has 0 bridgehead atoms. The van der Waals surface area contributed by atoms with E-state index in [0.29, 0.717) is 48.1 Å². The number of hydrogen-bond acceptors (Lipinski definition) is 4. The van der Waals surface area contributed by atoms with E-state index >= 15 is 0 Å². The molecule has 0 unspecified atom stereocenters. The van der Waals surface area contributed by atoms with Gasteiger partial charge in [-0.25, -0.2) is 0 Å². The Labute approximate surface area is 162 Å². The van der Waals surface area contributed by atoms with Crippen molar-refractivity contribution in [3.63, 3.8) is 0 Å². The smallest absolute Gasteiger partial charge is 0.308 e. The summed E-state index contributed by atoms with van der Waals surface area (Å²) < 4.78 is 5.03. The fourth-order valence-corrected chi connectivity index (χ4v) is 3.05. The van der Waals surface area contributed by atoms with Gasteiger partial charge in [-0.3, -0.25) is 14.4 Å². The second kappa shape index (κ2) is 8.22. The van der Waals surface area contributed by atoms with E-state index in [1.165, 1.54) is 6.92 Å². The monoisotopic (exact) mass is 386 g/mol. The van der Waals surface area contributed by atoms with Gasteiger partial charge in [-0.2, -0.15) is 0 Å². The summed E-state index contributed by atoms with van der Waals surface area (Å²) in [7, 11) is 0. The normalized spacial score (nSPS) is 14.0. The maximum Gasteiger partial charge on any atom is 0.308 e. The minimum atomic E-state index is -0.436. The van der Waals surface area contributed by atoms with E-state index in [0.717, 1.165) is 0 Å². The Balaban J connectivity index is 1.61. The van der Waals surface area contributed by atoms with Crippen LogP contribution in [-0.4, -0.2) is 53.8 Å². The molecule has 0 radical (unpaired) electrons. The van der Waals surface area contributed by atoms with E-state index in [1.807, 2.05) is 0 Å². The summed E-state index contributed by atoms with van der Waals surface area (Å²) in [4.78, 5) is 39.7. The van der Waals surface area contributed by atoms with Crippen LogP contribution >= 0.6 is 11.6 Å². The fraction of sp³-hybridized carbons (Fsp3) is 0.250. The zero-order valence-corrected chi connectivity index (χ0v) is 15.6. The van der Waals surface area contributed by atoms with Gasteiger partial charge < -0.3 is 14.5 Å². The second-order valence-electron chi connectivity index (χ2n) is 6.21. The Kier molecular flexibility index (Phi) is 5.76. The molecular weight excluding hydrogens is 368 g/mol. The lowest BCUT2D eigenvalue weighted by molar-refractivity contribution is -0.131. The summed E-state index contributed by atoms with van der Waals surface area (Å²) in [5, 5.41) is 0.581. The first-order valence-corrected chi connectivity index (χ1v) is 8.94. The van der Waals surface area contributed by atoms with E-state index in [2.05, 4.69) is 0 Å². The predicted octanol–water partition coefficient (Wildman–Crippen LogP) is 2.86. The molecule has 1 heterocycles. The first kappa shape index (κ1) is 18.9. The van der Waals surface area contributed by atoms with Crippen LogP contribution < -0.4 is 4.74 Å². The highest BCUT2D eigenvalue weighted by Crippen LogP contribution is 2.17. The largest absolute Gasteiger partial charge is 0.427 e. The molecule has 1 saturated heterocycles. The van der Waals surface area contributed by atoms with Gasteiger partial charge in [0.05, 0.1) is 0 Å². The van der Waals surface area contributed by atoms with Crippen LogP contribution in [0.25, 0.3) is 0 Å². The number of piperazine rings is 1. The van der Waals surface area contributed by atoms with Crippen molar-refractivity contribution in [1.82, 2.24) is 9.80 Å². The van der Waals surface area contributed by atoms with Crippen LogP contribution in [0.1, 0.15) is 27.6 Å². The highest BCUT2D eigenvalue weighted by Gasteiger charge is 2.25. The molecule has 2 aromatic carbocycles. The number of ether oxygens (including phenoxy) is 1.